The second-order valence-electron chi connectivity index (χ2n) is 3.95. The normalized spacial score (nSPS) is 12.9. The molecule has 20 heavy (non-hydrogen) atoms. The van der Waals surface area contributed by atoms with Gasteiger partial charge in [-0.1, -0.05) is 12.2 Å². The van der Waals surface area contributed by atoms with Crippen molar-refractivity contribution in [2.45, 2.75) is 12.8 Å². The molecule has 0 bridgehead atoms. The van der Waals surface area contributed by atoms with E-state index in [1.54, 1.807) is 12.2 Å². The second-order valence-corrected chi connectivity index (χ2v) is 5.33. The summed E-state index contributed by atoms with van der Waals surface area (Å²) in [6.45, 7) is 6.88. The van der Waals surface area contributed by atoms with E-state index in [0.29, 0.717) is 12.8 Å². The van der Waals surface area contributed by atoms with Crippen LogP contribution in [0.2, 0.25) is 0 Å². The van der Waals surface area contributed by atoms with Crippen molar-refractivity contribution < 1.29 is 26.4 Å². The summed E-state index contributed by atoms with van der Waals surface area (Å²) in [6, 6.07) is 0. The van der Waals surface area contributed by atoms with Crippen LogP contribution >= 0.6 is 0 Å². The Balaban J connectivity index is 4.98. The molecule has 0 aromatic rings. The molecule has 1 amide bonds. The summed E-state index contributed by atoms with van der Waals surface area (Å²) < 4.78 is 31.2. The van der Waals surface area contributed by atoms with E-state index in [1.165, 1.54) is 7.11 Å². The van der Waals surface area contributed by atoms with Crippen molar-refractivity contribution in [1.29, 1.82) is 0 Å². The molecule has 0 spiro atoms. The fourth-order valence-corrected chi connectivity index (χ4v) is 2.07. The molecule has 0 heterocycles. The van der Waals surface area contributed by atoms with E-state index in [1.807, 2.05) is 0 Å². The van der Waals surface area contributed by atoms with Crippen LogP contribution in [0.1, 0.15) is 12.8 Å². The molecule has 8 heteroatoms. The van der Waals surface area contributed by atoms with E-state index in [2.05, 4.69) is 31.8 Å². The summed E-state index contributed by atoms with van der Waals surface area (Å²) in [5.74, 6) is -1.42. The molecule has 0 aliphatic heterocycles. The van der Waals surface area contributed by atoms with Gasteiger partial charge in [0.05, 0.1) is 26.7 Å². The van der Waals surface area contributed by atoms with E-state index < -0.39 is 22.2 Å². The van der Waals surface area contributed by atoms with Crippen molar-refractivity contribution in [3.05, 3.63) is 25.3 Å². The van der Waals surface area contributed by atoms with Gasteiger partial charge in [-0.05, 0) is 18.8 Å². The van der Waals surface area contributed by atoms with Crippen molar-refractivity contribution in [1.82, 2.24) is 5.48 Å². The van der Waals surface area contributed by atoms with Gasteiger partial charge in [-0.15, -0.1) is 13.2 Å². The molecular weight excluding hydrogens is 286 g/mol. The predicted molar refractivity (Wildman–Crippen MR) is 73.6 cm³/mol. The summed E-state index contributed by atoms with van der Waals surface area (Å²) >= 11 is 0. The first kappa shape index (κ1) is 18.8. The first-order valence-corrected chi connectivity index (χ1v) is 7.24. The number of hydrogen-bond donors (Lipinski definition) is 1. The van der Waals surface area contributed by atoms with Gasteiger partial charge in [0.15, 0.2) is 0 Å². The monoisotopic (exact) mass is 307 g/mol. The minimum absolute atomic E-state index is 0.202. The molecule has 0 aromatic carbocycles. The van der Waals surface area contributed by atoms with Gasteiger partial charge in [0, 0.05) is 0 Å². The fraction of sp³-hybridized carbons (Fsp3) is 0.583. The summed E-state index contributed by atoms with van der Waals surface area (Å²) in [7, 11) is -1.83. The minimum atomic E-state index is -4.10. The Morgan fingerprint density at radius 3 is 2.20 bits per heavy atom. The molecule has 0 saturated carbocycles. The molecule has 0 radical (unpaired) electrons. The van der Waals surface area contributed by atoms with Gasteiger partial charge in [0.25, 0.3) is 0 Å². The van der Waals surface area contributed by atoms with Crippen LogP contribution in [0.3, 0.4) is 0 Å². The highest BCUT2D eigenvalue weighted by molar-refractivity contribution is 7.81. The Hall–Kier alpha value is -1.22. The standard InChI is InChI=1S/C12H21NO6S/c1-5-7-10(8-6-2)11(12(14)13-17-3)9-19-20(15,16)18-4/h5-6,10-11H,1-2,7-9H2,3-4H3,(H,13,14). The van der Waals surface area contributed by atoms with Crippen LogP contribution in [-0.2, 0) is 28.4 Å². The van der Waals surface area contributed by atoms with Crippen LogP contribution in [0.25, 0.3) is 0 Å². The van der Waals surface area contributed by atoms with Crippen molar-refractivity contribution in [3.8, 4) is 0 Å². The number of nitrogens with one attached hydrogen (secondary N) is 1. The van der Waals surface area contributed by atoms with Crippen LogP contribution in [-0.4, -0.2) is 35.2 Å². The first-order valence-electron chi connectivity index (χ1n) is 5.91. The Morgan fingerprint density at radius 1 is 1.25 bits per heavy atom. The smallest absolute Gasteiger partial charge is 0.277 e. The van der Waals surface area contributed by atoms with Crippen LogP contribution in [0.5, 0.6) is 0 Å². The van der Waals surface area contributed by atoms with Gasteiger partial charge in [-0.3, -0.25) is 13.8 Å². The predicted octanol–water partition coefficient (Wildman–Crippen LogP) is 0.956. The number of rotatable bonds is 11. The Kier molecular flexibility index (Phi) is 9.06. The lowest BCUT2D eigenvalue weighted by molar-refractivity contribution is -0.138. The fourth-order valence-electron chi connectivity index (χ4n) is 1.66. The molecule has 0 aliphatic rings. The largest absolute Gasteiger partial charge is 0.399 e. The number of carbonyl (C=O) groups excluding carboxylic acids is 1. The highest BCUT2D eigenvalue weighted by Crippen LogP contribution is 2.22. The SMILES string of the molecule is C=CCC(CC=C)C(COS(=O)(=O)OC)C(=O)NOC. The van der Waals surface area contributed by atoms with Crippen LogP contribution < -0.4 is 5.48 Å². The Bertz CT molecular complexity index is 410. The zero-order chi connectivity index (χ0) is 15.6. The third kappa shape index (κ3) is 6.80. The average molecular weight is 307 g/mol. The summed E-state index contributed by atoms with van der Waals surface area (Å²) in [4.78, 5) is 16.5. The van der Waals surface area contributed by atoms with Gasteiger partial charge in [0.2, 0.25) is 5.91 Å². The molecule has 0 aliphatic carbocycles. The molecule has 116 valence electrons. The Morgan fingerprint density at radius 2 is 1.80 bits per heavy atom. The van der Waals surface area contributed by atoms with Gasteiger partial charge >= 0.3 is 10.4 Å². The number of carbonyl (C=O) groups is 1. The maximum atomic E-state index is 11.9. The van der Waals surface area contributed by atoms with Crippen LogP contribution in [0, 0.1) is 11.8 Å². The molecule has 1 unspecified atom stereocenters. The molecule has 1 atom stereocenters. The highest BCUT2D eigenvalue weighted by atomic mass is 32.3. The lowest BCUT2D eigenvalue weighted by Crippen LogP contribution is -2.37. The van der Waals surface area contributed by atoms with Crippen molar-refractivity contribution in [2.75, 3.05) is 20.8 Å². The van der Waals surface area contributed by atoms with Gasteiger partial charge in [-0.25, -0.2) is 9.66 Å². The lowest BCUT2D eigenvalue weighted by Gasteiger charge is -2.23. The van der Waals surface area contributed by atoms with Gasteiger partial charge in [0.1, 0.15) is 0 Å². The van der Waals surface area contributed by atoms with E-state index >= 15 is 0 Å². The highest BCUT2D eigenvalue weighted by Gasteiger charge is 2.29. The number of allylic oxidation sites excluding steroid dienone is 2. The van der Waals surface area contributed by atoms with E-state index in [4.69, 9.17) is 0 Å². The van der Waals surface area contributed by atoms with E-state index in [9.17, 15) is 13.2 Å². The molecule has 7 nitrogen and oxygen atoms in total. The zero-order valence-electron chi connectivity index (χ0n) is 11.7. The summed E-state index contributed by atoms with van der Waals surface area (Å²) in [5.41, 5.74) is 2.17. The number of hydrogen-bond acceptors (Lipinski definition) is 6. The van der Waals surface area contributed by atoms with Gasteiger partial charge in [-0.2, -0.15) is 8.42 Å². The average Bonchev–Trinajstić information content (AvgIpc) is 2.39. The van der Waals surface area contributed by atoms with Gasteiger partial charge < -0.3 is 0 Å². The number of hydroxylamine groups is 1. The lowest BCUT2D eigenvalue weighted by atomic mass is 9.87. The third-order valence-electron chi connectivity index (χ3n) is 2.64. The van der Waals surface area contributed by atoms with Crippen molar-refractivity contribution in [2.24, 2.45) is 11.8 Å². The minimum Gasteiger partial charge on any atom is -0.277 e. The second kappa shape index (κ2) is 9.65. The maximum absolute atomic E-state index is 11.9. The molecule has 0 fully saturated rings. The molecule has 0 saturated heterocycles. The molecule has 0 rings (SSSR count). The third-order valence-corrected chi connectivity index (χ3v) is 3.48. The van der Waals surface area contributed by atoms with Crippen LogP contribution in [0.4, 0.5) is 0 Å². The Labute approximate surface area is 119 Å². The van der Waals surface area contributed by atoms with Crippen molar-refractivity contribution in [3.63, 3.8) is 0 Å². The number of amides is 1. The molecule has 1 N–H and O–H groups in total. The van der Waals surface area contributed by atoms with E-state index in [0.717, 1.165) is 7.11 Å². The summed E-state index contributed by atoms with van der Waals surface area (Å²) in [5, 5.41) is 0. The first-order chi connectivity index (χ1) is 9.41. The van der Waals surface area contributed by atoms with Crippen LogP contribution in [0.15, 0.2) is 25.3 Å². The summed E-state index contributed by atoms with van der Waals surface area (Å²) in [6.07, 6.45) is 4.30. The molecule has 0 aromatic heterocycles. The van der Waals surface area contributed by atoms with E-state index in [-0.39, 0.29) is 12.5 Å². The quantitative estimate of drug-likeness (QED) is 0.451. The van der Waals surface area contributed by atoms with Crippen molar-refractivity contribution >= 4 is 16.3 Å². The maximum Gasteiger partial charge on any atom is 0.399 e. The zero-order valence-corrected chi connectivity index (χ0v) is 12.5. The topological polar surface area (TPSA) is 90.9 Å². The molecular formula is C12H21NO6S.